The van der Waals surface area contributed by atoms with Gasteiger partial charge in [-0.05, 0) is 56.1 Å². The lowest BCUT2D eigenvalue weighted by molar-refractivity contribution is -0.143. The van der Waals surface area contributed by atoms with E-state index in [0.717, 1.165) is 55.8 Å². The van der Waals surface area contributed by atoms with Gasteiger partial charge in [0.1, 0.15) is 29.5 Å². The summed E-state index contributed by atoms with van der Waals surface area (Å²) in [5.74, 6) is 3.46. The average Bonchev–Trinajstić information content (AvgIpc) is 2.56. The summed E-state index contributed by atoms with van der Waals surface area (Å²) < 4.78 is 11.6. The van der Waals surface area contributed by atoms with Crippen molar-refractivity contribution in [2.45, 2.75) is 58.0 Å². The Balaban J connectivity index is 1.70. The van der Waals surface area contributed by atoms with Crippen LogP contribution < -0.4 is 14.1 Å². The Morgan fingerprint density at radius 3 is 3.00 bits per heavy atom. The fraction of sp³-hybridized carbons (Fsp3) is 0.632. The highest BCUT2D eigenvalue weighted by Crippen LogP contribution is 2.59. The zero-order valence-electron chi connectivity index (χ0n) is 14.3. The molecule has 4 nitrogen and oxygen atoms in total. The number of rotatable bonds is 2. The number of carbonyl (C=O) groups is 1. The maximum Gasteiger partial charge on any atom is 0.142 e. The normalized spacial score (nSPS) is 37.7. The van der Waals surface area contributed by atoms with E-state index in [1.165, 1.54) is 5.56 Å². The molecular formula is C19H25NO3S. The minimum absolute atomic E-state index is 0.124. The third-order valence-electron chi connectivity index (χ3n) is 6.66. The van der Waals surface area contributed by atoms with Crippen LogP contribution in [0.25, 0.3) is 0 Å². The number of Topliss-reactive ketones (excluding diaryl/α,β-unsaturated/α-hetero) is 1. The Kier molecular flexibility index (Phi) is 4.04. The van der Waals surface area contributed by atoms with E-state index in [-0.39, 0.29) is 11.5 Å². The van der Waals surface area contributed by atoms with E-state index in [0.29, 0.717) is 23.5 Å². The number of ketones is 1. The molecule has 5 heteroatoms. The molecule has 2 aliphatic carbocycles. The van der Waals surface area contributed by atoms with Crippen molar-refractivity contribution in [1.29, 1.82) is 0 Å². The van der Waals surface area contributed by atoms with Crippen molar-refractivity contribution in [1.82, 2.24) is 0 Å². The molecule has 2 N–H and O–H groups in total. The van der Waals surface area contributed by atoms with E-state index in [1.807, 2.05) is 12.1 Å². The van der Waals surface area contributed by atoms with Gasteiger partial charge in [0, 0.05) is 23.8 Å². The summed E-state index contributed by atoms with van der Waals surface area (Å²) in [6, 6.07) is 6.04. The SMILES string of the molecule is CC1Oc2cc(OSN)ccc2C2CCC3(C)C(=O)CCCC3C12. The largest absolute Gasteiger partial charge is 0.490 e. The van der Waals surface area contributed by atoms with Gasteiger partial charge in [0.05, 0.1) is 6.10 Å². The summed E-state index contributed by atoms with van der Waals surface area (Å²) in [5, 5.41) is 5.39. The van der Waals surface area contributed by atoms with Gasteiger partial charge in [-0.15, -0.1) is 0 Å². The summed E-state index contributed by atoms with van der Waals surface area (Å²) in [6.07, 6.45) is 5.13. The smallest absolute Gasteiger partial charge is 0.142 e. The van der Waals surface area contributed by atoms with Gasteiger partial charge < -0.3 is 8.92 Å². The second-order valence-electron chi connectivity index (χ2n) is 7.76. The summed E-state index contributed by atoms with van der Waals surface area (Å²) >= 11 is 0.850. The average molecular weight is 347 g/mol. The van der Waals surface area contributed by atoms with Crippen LogP contribution in [0, 0.1) is 17.3 Å². The molecule has 0 aromatic heterocycles. The van der Waals surface area contributed by atoms with Crippen LogP contribution in [0.2, 0.25) is 0 Å². The number of fused-ring (bicyclic) bond motifs is 5. The van der Waals surface area contributed by atoms with Crippen molar-refractivity contribution in [3.8, 4) is 11.5 Å². The fourth-order valence-electron chi connectivity index (χ4n) is 5.49. The van der Waals surface area contributed by atoms with Gasteiger partial charge in [0.25, 0.3) is 0 Å². The first-order valence-corrected chi connectivity index (χ1v) is 9.72. The number of carbonyl (C=O) groups excluding carboxylic acids is 1. The molecular weight excluding hydrogens is 322 g/mol. The van der Waals surface area contributed by atoms with Gasteiger partial charge in [0.15, 0.2) is 0 Å². The van der Waals surface area contributed by atoms with Gasteiger partial charge in [-0.3, -0.25) is 4.79 Å². The third kappa shape index (κ3) is 2.36. The van der Waals surface area contributed by atoms with Crippen LogP contribution in [0.1, 0.15) is 57.4 Å². The van der Waals surface area contributed by atoms with Crippen LogP contribution >= 0.6 is 12.2 Å². The highest BCUT2D eigenvalue weighted by molar-refractivity contribution is 7.92. The molecule has 3 aliphatic rings. The van der Waals surface area contributed by atoms with Gasteiger partial charge in [-0.25, -0.2) is 5.14 Å². The van der Waals surface area contributed by atoms with E-state index in [2.05, 4.69) is 19.9 Å². The van der Waals surface area contributed by atoms with Crippen LogP contribution in [0.15, 0.2) is 18.2 Å². The molecule has 0 spiro atoms. The quantitative estimate of drug-likeness (QED) is 0.640. The predicted octanol–water partition coefficient (Wildman–Crippen LogP) is 4.24. The van der Waals surface area contributed by atoms with Crippen molar-refractivity contribution in [2.75, 3.05) is 0 Å². The molecule has 0 bridgehead atoms. The van der Waals surface area contributed by atoms with Crippen molar-refractivity contribution in [3.63, 3.8) is 0 Å². The summed E-state index contributed by atoms with van der Waals surface area (Å²) in [4.78, 5) is 12.6. The van der Waals surface area contributed by atoms with E-state index < -0.39 is 0 Å². The molecule has 0 saturated heterocycles. The molecule has 24 heavy (non-hydrogen) atoms. The molecule has 4 rings (SSSR count). The lowest BCUT2D eigenvalue weighted by atomic mass is 9.51. The molecule has 0 radical (unpaired) electrons. The molecule has 1 heterocycles. The molecule has 1 aromatic rings. The number of hydrogen-bond acceptors (Lipinski definition) is 5. The van der Waals surface area contributed by atoms with Crippen molar-refractivity contribution in [3.05, 3.63) is 23.8 Å². The Morgan fingerprint density at radius 1 is 1.38 bits per heavy atom. The molecule has 1 aromatic carbocycles. The fourth-order valence-corrected chi connectivity index (χ4v) is 5.70. The Bertz CT molecular complexity index is 664. The first-order chi connectivity index (χ1) is 11.5. The van der Waals surface area contributed by atoms with E-state index in [4.69, 9.17) is 14.1 Å². The summed E-state index contributed by atoms with van der Waals surface area (Å²) in [5.41, 5.74) is 1.13. The zero-order chi connectivity index (χ0) is 16.9. The molecule has 2 saturated carbocycles. The van der Waals surface area contributed by atoms with Crippen LogP contribution in [-0.4, -0.2) is 11.9 Å². The number of hydrogen-bond donors (Lipinski definition) is 1. The Labute approximate surface area is 147 Å². The van der Waals surface area contributed by atoms with E-state index >= 15 is 0 Å². The maximum absolute atomic E-state index is 12.6. The topological polar surface area (TPSA) is 61.6 Å². The lowest BCUT2D eigenvalue weighted by Crippen LogP contribution is -2.53. The van der Waals surface area contributed by atoms with Crippen LogP contribution in [-0.2, 0) is 4.79 Å². The van der Waals surface area contributed by atoms with Crippen LogP contribution in [0.5, 0.6) is 11.5 Å². The summed E-state index contributed by atoms with van der Waals surface area (Å²) in [6.45, 7) is 4.36. The molecule has 2 fully saturated rings. The van der Waals surface area contributed by atoms with Gasteiger partial charge in [-0.2, -0.15) is 0 Å². The van der Waals surface area contributed by atoms with Crippen molar-refractivity contribution >= 4 is 18.0 Å². The van der Waals surface area contributed by atoms with Crippen LogP contribution in [0.3, 0.4) is 0 Å². The first kappa shape index (κ1) is 16.3. The highest BCUT2D eigenvalue weighted by Gasteiger charge is 2.55. The highest BCUT2D eigenvalue weighted by atomic mass is 32.2. The maximum atomic E-state index is 12.6. The summed E-state index contributed by atoms with van der Waals surface area (Å²) in [7, 11) is 0. The lowest BCUT2D eigenvalue weighted by Gasteiger charge is -2.54. The van der Waals surface area contributed by atoms with E-state index in [1.54, 1.807) is 0 Å². The Morgan fingerprint density at radius 2 is 2.21 bits per heavy atom. The molecule has 130 valence electrons. The van der Waals surface area contributed by atoms with Crippen molar-refractivity contribution < 1.29 is 13.7 Å². The second kappa shape index (κ2) is 5.95. The van der Waals surface area contributed by atoms with Gasteiger partial charge in [0.2, 0.25) is 0 Å². The van der Waals surface area contributed by atoms with Gasteiger partial charge >= 0.3 is 0 Å². The number of nitrogens with two attached hydrogens (primary N) is 1. The third-order valence-corrected chi connectivity index (χ3v) is 6.95. The van der Waals surface area contributed by atoms with Gasteiger partial charge in [-0.1, -0.05) is 13.0 Å². The van der Waals surface area contributed by atoms with Crippen molar-refractivity contribution in [2.24, 2.45) is 22.4 Å². The predicted molar refractivity (Wildman–Crippen MR) is 94.9 cm³/mol. The standard InChI is InChI=1S/C19H25NO3S/c1-11-18-14(8-9-19(2)15(18)4-3-5-17(19)21)13-7-6-12(23-24-20)10-16(13)22-11/h6-7,10-11,14-15,18H,3-5,8-9,20H2,1-2H3. The minimum atomic E-state index is -0.145. The molecule has 5 unspecified atom stereocenters. The number of benzene rings is 1. The zero-order valence-corrected chi connectivity index (χ0v) is 15.1. The first-order valence-electron chi connectivity index (χ1n) is 8.92. The number of ether oxygens (including phenoxy) is 1. The molecule has 1 aliphatic heterocycles. The minimum Gasteiger partial charge on any atom is -0.490 e. The Hall–Kier alpha value is -1.20. The molecule has 5 atom stereocenters. The van der Waals surface area contributed by atoms with E-state index in [9.17, 15) is 4.79 Å². The monoisotopic (exact) mass is 347 g/mol. The van der Waals surface area contributed by atoms with Crippen LogP contribution in [0.4, 0.5) is 0 Å². The second-order valence-corrected chi connectivity index (χ2v) is 8.12. The molecule has 0 amide bonds.